The van der Waals surface area contributed by atoms with Gasteiger partial charge >= 0.3 is 6.18 Å². The molecule has 1 amide bonds. The van der Waals surface area contributed by atoms with E-state index in [4.69, 9.17) is 4.74 Å². The lowest BCUT2D eigenvalue weighted by Crippen LogP contribution is -2.50. The molecule has 12 heteroatoms. The van der Waals surface area contributed by atoms with E-state index in [2.05, 4.69) is 20.3 Å². The lowest BCUT2D eigenvalue weighted by Gasteiger charge is -2.35. The first-order chi connectivity index (χ1) is 14.9. The topological polar surface area (TPSA) is 89.3 Å². The highest BCUT2D eigenvalue weighted by Crippen LogP contribution is 2.31. The molecule has 0 spiro atoms. The van der Waals surface area contributed by atoms with Crippen molar-refractivity contribution in [2.75, 3.05) is 37.7 Å². The van der Waals surface area contributed by atoms with Gasteiger partial charge in [0, 0.05) is 26.2 Å². The van der Waals surface area contributed by atoms with Gasteiger partial charge in [-0.05, 0) is 30.3 Å². The van der Waals surface area contributed by atoms with Crippen LogP contribution >= 0.6 is 0 Å². The van der Waals surface area contributed by atoms with E-state index in [1.165, 1.54) is 29.5 Å². The molecule has 0 unspecified atom stereocenters. The number of amides is 1. The maximum absolute atomic E-state index is 12.8. The molecule has 1 aliphatic heterocycles. The molecule has 0 N–H and O–H groups in total. The Morgan fingerprint density at radius 1 is 1.03 bits per heavy atom. The molecule has 0 radical (unpaired) electrons. The first-order valence-corrected chi connectivity index (χ1v) is 9.42. The number of halogens is 3. The van der Waals surface area contributed by atoms with E-state index in [9.17, 15) is 18.0 Å². The normalized spacial score (nSPS) is 14.5. The monoisotopic (exact) mass is 433 g/mol. The van der Waals surface area contributed by atoms with Crippen LogP contribution in [0.1, 0.15) is 5.56 Å². The molecule has 1 aromatic carbocycles. The van der Waals surface area contributed by atoms with Gasteiger partial charge in [0.25, 0.3) is 5.91 Å². The van der Waals surface area contributed by atoms with Gasteiger partial charge < -0.3 is 14.5 Å². The number of hydrogen-bond acceptors (Lipinski definition) is 7. The van der Waals surface area contributed by atoms with Gasteiger partial charge in [0.05, 0.1) is 5.56 Å². The molecule has 0 saturated carbocycles. The number of carbonyl (C=O) groups excluding carboxylic acids is 1. The molecule has 0 atom stereocenters. The van der Waals surface area contributed by atoms with E-state index >= 15 is 0 Å². The Hall–Kier alpha value is -3.70. The van der Waals surface area contributed by atoms with Gasteiger partial charge in [0.2, 0.25) is 0 Å². The number of piperazine rings is 1. The number of hydrogen-bond donors (Lipinski definition) is 0. The average molecular weight is 433 g/mol. The number of nitrogens with zero attached hydrogens (tertiary/aromatic N) is 7. The molecule has 0 aliphatic carbocycles. The zero-order chi connectivity index (χ0) is 21.8. The standard InChI is InChI=1S/C19H18F3N7O2/c20-19(21,22)14-2-1-3-15(10-14)31-11-18(30)28-8-6-27(7-9-28)16-4-5-17(26-25-16)29-13-23-12-24-29/h1-5,10,12-13H,6-9,11H2. The van der Waals surface area contributed by atoms with Gasteiger partial charge in [-0.1, -0.05) is 6.07 Å². The first-order valence-electron chi connectivity index (χ1n) is 9.42. The Balaban J connectivity index is 1.28. The summed E-state index contributed by atoms with van der Waals surface area (Å²) in [5, 5.41) is 12.3. The summed E-state index contributed by atoms with van der Waals surface area (Å²) in [7, 11) is 0. The highest BCUT2D eigenvalue weighted by Gasteiger charge is 2.30. The summed E-state index contributed by atoms with van der Waals surface area (Å²) in [4.78, 5) is 19.9. The Morgan fingerprint density at radius 3 is 2.42 bits per heavy atom. The molecule has 0 bridgehead atoms. The van der Waals surface area contributed by atoms with E-state index < -0.39 is 11.7 Å². The Kier molecular flexibility index (Phi) is 5.69. The minimum atomic E-state index is -4.46. The van der Waals surface area contributed by atoms with Crippen molar-refractivity contribution in [3.8, 4) is 11.6 Å². The van der Waals surface area contributed by atoms with E-state index in [0.717, 1.165) is 12.1 Å². The largest absolute Gasteiger partial charge is 0.484 e. The van der Waals surface area contributed by atoms with Crippen LogP contribution in [-0.2, 0) is 11.0 Å². The number of carbonyl (C=O) groups is 1. The van der Waals surface area contributed by atoms with Crippen LogP contribution in [0.5, 0.6) is 5.75 Å². The summed E-state index contributed by atoms with van der Waals surface area (Å²) in [6, 6.07) is 8.07. The van der Waals surface area contributed by atoms with Crippen molar-refractivity contribution >= 4 is 11.7 Å². The van der Waals surface area contributed by atoms with Crippen molar-refractivity contribution in [2.24, 2.45) is 0 Å². The number of aromatic nitrogens is 5. The Morgan fingerprint density at radius 2 is 1.77 bits per heavy atom. The summed E-state index contributed by atoms with van der Waals surface area (Å²) >= 11 is 0. The molecule has 31 heavy (non-hydrogen) atoms. The molecule has 1 aliphatic rings. The van der Waals surface area contributed by atoms with Crippen molar-refractivity contribution in [3.63, 3.8) is 0 Å². The Bertz CT molecular complexity index is 1020. The number of benzene rings is 1. The van der Waals surface area contributed by atoms with Crippen LogP contribution in [0, 0.1) is 0 Å². The highest BCUT2D eigenvalue weighted by atomic mass is 19.4. The Labute approximate surface area is 175 Å². The number of rotatable bonds is 5. The summed E-state index contributed by atoms with van der Waals surface area (Å²) in [6.07, 6.45) is -1.53. The molecule has 9 nitrogen and oxygen atoms in total. The second-order valence-electron chi connectivity index (χ2n) is 6.77. The fourth-order valence-corrected chi connectivity index (χ4v) is 3.12. The van der Waals surface area contributed by atoms with Gasteiger partial charge in [-0.3, -0.25) is 4.79 Å². The van der Waals surface area contributed by atoms with E-state index in [1.54, 1.807) is 11.0 Å². The summed E-state index contributed by atoms with van der Waals surface area (Å²) in [6.45, 7) is 1.65. The maximum Gasteiger partial charge on any atom is 0.416 e. The smallest absolute Gasteiger partial charge is 0.416 e. The highest BCUT2D eigenvalue weighted by molar-refractivity contribution is 5.78. The molecule has 162 valence electrons. The minimum absolute atomic E-state index is 0.00422. The average Bonchev–Trinajstić information content (AvgIpc) is 3.32. The summed E-state index contributed by atoms with van der Waals surface area (Å²) in [5.74, 6) is 0.937. The van der Waals surface area contributed by atoms with Crippen LogP contribution < -0.4 is 9.64 Å². The molecule has 1 fully saturated rings. The first kappa shape index (κ1) is 20.6. The second-order valence-corrected chi connectivity index (χ2v) is 6.77. The van der Waals surface area contributed by atoms with Crippen LogP contribution in [0.25, 0.3) is 5.82 Å². The van der Waals surface area contributed by atoms with Crippen molar-refractivity contribution in [3.05, 3.63) is 54.6 Å². The third kappa shape index (κ3) is 4.90. The molecular formula is C19H18F3N7O2. The second kappa shape index (κ2) is 8.58. The molecule has 2 aromatic heterocycles. The van der Waals surface area contributed by atoms with Crippen molar-refractivity contribution in [2.45, 2.75) is 6.18 Å². The van der Waals surface area contributed by atoms with Gasteiger partial charge in [-0.25, -0.2) is 9.67 Å². The lowest BCUT2D eigenvalue weighted by atomic mass is 10.2. The van der Waals surface area contributed by atoms with E-state index in [0.29, 0.717) is 37.8 Å². The maximum atomic E-state index is 12.8. The third-order valence-electron chi connectivity index (χ3n) is 4.77. The van der Waals surface area contributed by atoms with E-state index in [1.807, 2.05) is 11.0 Å². The van der Waals surface area contributed by atoms with Gasteiger partial charge in [0.1, 0.15) is 18.4 Å². The minimum Gasteiger partial charge on any atom is -0.484 e. The van der Waals surface area contributed by atoms with Crippen molar-refractivity contribution in [1.29, 1.82) is 0 Å². The third-order valence-corrected chi connectivity index (χ3v) is 4.77. The van der Waals surface area contributed by atoms with E-state index in [-0.39, 0.29) is 18.3 Å². The van der Waals surface area contributed by atoms with Gasteiger partial charge in [-0.15, -0.1) is 10.2 Å². The van der Waals surface area contributed by atoms with Crippen molar-refractivity contribution in [1.82, 2.24) is 29.9 Å². The predicted octanol–water partition coefficient (Wildman–Crippen LogP) is 1.80. The molecular weight excluding hydrogens is 415 g/mol. The molecule has 1 saturated heterocycles. The zero-order valence-corrected chi connectivity index (χ0v) is 16.2. The quantitative estimate of drug-likeness (QED) is 0.606. The predicted molar refractivity (Wildman–Crippen MR) is 103 cm³/mol. The molecule has 3 aromatic rings. The van der Waals surface area contributed by atoms with Crippen LogP contribution in [0.3, 0.4) is 0 Å². The number of alkyl halides is 3. The number of anilines is 1. The molecule has 4 rings (SSSR count). The fraction of sp³-hybridized carbons (Fsp3) is 0.316. The van der Waals surface area contributed by atoms with Crippen molar-refractivity contribution < 1.29 is 22.7 Å². The SMILES string of the molecule is O=C(COc1cccc(C(F)(F)F)c1)N1CCN(c2ccc(-n3cncn3)nn2)CC1. The van der Waals surface area contributed by atoms with Crippen LogP contribution in [0.2, 0.25) is 0 Å². The van der Waals surface area contributed by atoms with Crippen LogP contribution in [-0.4, -0.2) is 68.6 Å². The number of ether oxygens (including phenoxy) is 1. The zero-order valence-electron chi connectivity index (χ0n) is 16.2. The van der Waals surface area contributed by atoms with Crippen LogP contribution in [0.15, 0.2) is 49.1 Å². The fourth-order valence-electron chi connectivity index (χ4n) is 3.12. The molecule has 3 heterocycles. The van der Waals surface area contributed by atoms with Gasteiger partial charge in [-0.2, -0.15) is 18.3 Å². The van der Waals surface area contributed by atoms with Gasteiger partial charge in [0.15, 0.2) is 18.2 Å². The summed E-state index contributed by atoms with van der Waals surface area (Å²) < 4.78 is 45.1. The lowest BCUT2D eigenvalue weighted by molar-refractivity contribution is -0.137. The summed E-state index contributed by atoms with van der Waals surface area (Å²) in [5.41, 5.74) is -0.818. The van der Waals surface area contributed by atoms with Crippen LogP contribution in [0.4, 0.5) is 19.0 Å².